The minimum atomic E-state index is -0.485. The van der Waals surface area contributed by atoms with Crippen molar-refractivity contribution in [2.24, 2.45) is 0 Å². The molecule has 3 nitrogen and oxygen atoms in total. The van der Waals surface area contributed by atoms with E-state index in [1.807, 2.05) is 32.0 Å². The number of para-hydroxylation sites is 1. The lowest BCUT2D eigenvalue weighted by Crippen LogP contribution is -2.33. The number of hydrogen-bond donors (Lipinski definition) is 1. The molecule has 0 fully saturated rings. The first-order chi connectivity index (χ1) is 12.6. The predicted molar refractivity (Wildman–Crippen MR) is 107 cm³/mol. The van der Waals surface area contributed by atoms with Gasteiger partial charge in [-0.05, 0) is 79.8 Å². The van der Waals surface area contributed by atoms with Crippen molar-refractivity contribution in [3.05, 3.63) is 58.7 Å². The molecule has 0 radical (unpaired) electrons. The van der Waals surface area contributed by atoms with Gasteiger partial charge in [-0.2, -0.15) is 0 Å². The third-order valence-electron chi connectivity index (χ3n) is 5.25. The fraction of sp³-hybridized carbons (Fsp3) is 0.435. The van der Waals surface area contributed by atoms with Crippen LogP contribution >= 0.6 is 0 Å². The highest BCUT2D eigenvalue weighted by Gasteiger charge is 2.21. The van der Waals surface area contributed by atoms with Crippen molar-refractivity contribution >= 4 is 11.6 Å². The fourth-order valence-corrected chi connectivity index (χ4v) is 3.68. The summed E-state index contributed by atoms with van der Waals surface area (Å²) in [5.41, 5.74) is 5.96. The lowest BCUT2D eigenvalue weighted by Gasteiger charge is -2.21. The summed E-state index contributed by atoms with van der Waals surface area (Å²) in [5.74, 6) is 0.724. The van der Waals surface area contributed by atoms with Gasteiger partial charge in [-0.3, -0.25) is 4.79 Å². The fourth-order valence-electron chi connectivity index (χ4n) is 3.68. The normalized spacial score (nSPS) is 14.4. The summed E-state index contributed by atoms with van der Waals surface area (Å²) in [5, 5.41) is 3.10. The Bertz CT molecular complexity index is 782. The molecule has 1 N–H and O–H groups in total. The van der Waals surface area contributed by atoms with Gasteiger partial charge in [0.15, 0.2) is 6.10 Å². The smallest absolute Gasteiger partial charge is 0.265 e. The maximum absolute atomic E-state index is 12.8. The van der Waals surface area contributed by atoms with E-state index in [0.29, 0.717) is 6.42 Å². The molecule has 2 aromatic rings. The van der Waals surface area contributed by atoms with Gasteiger partial charge in [0, 0.05) is 5.69 Å². The van der Waals surface area contributed by atoms with Crippen LogP contribution in [0.25, 0.3) is 0 Å². The van der Waals surface area contributed by atoms with Gasteiger partial charge in [0.05, 0.1) is 0 Å². The van der Waals surface area contributed by atoms with Crippen molar-refractivity contribution in [1.82, 2.24) is 0 Å². The highest BCUT2D eigenvalue weighted by atomic mass is 16.5. The summed E-state index contributed by atoms with van der Waals surface area (Å²) in [6.45, 7) is 6.12. The molecule has 0 saturated heterocycles. The molecule has 0 saturated carbocycles. The Morgan fingerprint density at radius 3 is 2.62 bits per heavy atom. The minimum Gasteiger partial charge on any atom is -0.481 e. The first-order valence-electron chi connectivity index (χ1n) is 9.80. The van der Waals surface area contributed by atoms with Crippen LogP contribution in [0.4, 0.5) is 5.69 Å². The molecule has 2 aromatic carbocycles. The van der Waals surface area contributed by atoms with Crippen molar-refractivity contribution in [3.63, 3.8) is 0 Å². The quantitative estimate of drug-likeness (QED) is 0.773. The van der Waals surface area contributed by atoms with Gasteiger partial charge in [0.25, 0.3) is 5.91 Å². The Hall–Kier alpha value is -2.29. The highest BCUT2D eigenvalue weighted by Crippen LogP contribution is 2.27. The maximum Gasteiger partial charge on any atom is 0.265 e. The van der Waals surface area contributed by atoms with Gasteiger partial charge in [-0.25, -0.2) is 0 Å². The van der Waals surface area contributed by atoms with Crippen LogP contribution in [-0.2, 0) is 24.1 Å². The summed E-state index contributed by atoms with van der Waals surface area (Å²) in [6, 6.07) is 12.4. The molecule has 1 aliphatic carbocycles. The summed E-state index contributed by atoms with van der Waals surface area (Å²) in [7, 11) is 0. The first-order valence-corrected chi connectivity index (χ1v) is 9.80. The van der Waals surface area contributed by atoms with E-state index in [-0.39, 0.29) is 5.91 Å². The van der Waals surface area contributed by atoms with E-state index in [1.165, 1.54) is 24.0 Å². The van der Waals surface area contributed by atoms with E-state index in [0.717, 1.165) is 41.8 Å². The summed E-state index contributed by atoms with van der Waals surface area (Å²) < 4.78 is 6.07. The summed E-state index contributed by atoms with van der Waals surface area (Å²) in [4.78, 5) is 12.8. The number of ether oxygens (including phenoxy) is 1. The second kappa shape index (κ2) is 8.39. The van der Waals surface area contributed by atoms with Crippen molar-refractivity contribution in [3.8, 4) is 5.75 Å². The molecule has 1 amide bonds. The number of carbonyl (C=O) groups excluding carboxylic acids is 1. The lowest BCUT2D eigenvalue weighted by molar-refractivity contribution is -0.122. The van der Waals surface area contributed by atoms with Crippen LogP contribution in [0.15, 0.2) is 36.4 Å². The second-order valence-electron chi connectivity index (χ2n) is 7.10. The minimum absolute atomic E-state index is 0.0748. The molecule has 0 aromatic heterocycles. The van der Waals surface area contributed by atoms with Crippen LogP contribution in [-0.4, -0.2) is 12.0 Å². The number of benzene rings is 2. The monoisotopic (exact) mass is 351 g/mol. The molecule has 3 rings (SSSR count). The highest BCUT2D eigenvalue weighted by molar-refractivity contribution is 5.95. The summed E-state index contributed by atoms with van der Waals surface area (Å²) in [6.07, 6.45) is 5.81. The molecule has 0 bridgehead atoms. The Balaban J connectivity index is 1.74. The average molecular weight is 351 g/mol. The number of carbonyl (C=O) groups is 1. The Morgan fingerprint density at radius 1 is 1.12 bits per heavy atom. The third-order valence-corrected chi connectivity index (χ3v) is 5.25. The summed E-state index contributed by atoms with van der Waals surface area (Å²) >= 11 is 0. The van der Waals surface area contributed by atoms with Crippen molar-refractivity contribution in [1.29, 1.82) is 0 Å². The Kier molecular flexibility index (Phi) is 5.97. The van der Waals surface area contributed by atoms with Gasteiger partial charge in [0.1, 0.15) is 5.75 Å². The number of fused-ring (bicyclic) bond motifs is 1. The molecule has 1 atom stereocenters. The molecule has 3 heteroatoms. The second-order valence-corrected chi connectivity index (χ2v) is 7.10. The molecule has 0 aliphatic heterocycles. The standard InChI is InChI=1S/C23H29NO2/c1-4-17-12-8-9-16(3)22(17)24-23(25)21(5-2)26-20-14-13-18-10-6-7-11-19(18)15-20/h8-9,12-15,21H,4-7,10-11H2,1-3H3,(H,24,25)/t21-/m1/s1. The molecule has 26 heavy (non-hydrogen) atoms. The van der Waals surface area contributed by atoms with E-state index in [2.05, 4.69) is 30.4 Å². The lowest BCUT2D eigenvalue weighted by atomic mass is 9.92. The van der Waals surface area contributed by atoms with Crippen LogP contribution in [0.1, 0.15) is 55.4 Å². The average Bonchev–Trinajstić information content (AvgIpc) is 2.67. The van der Waals surface area contributed by atoms with Crippen molar-refractivity contribution in [2.75, 3.05) is 5.32 Å². The topological polar surface area (TPSA) is 38.3 Å². The molecular weight excluding hydrogens is 322 g/mol. The number of nitrogens with one attached hydrogen (secondary N) is 1. The van der Waals surface area contributed by atoms with E-state index in [1.54, 1.807) is 0 Å². The predicted octanol–water partition coefficient (Wildman–Crippen LogP) is 5.23. The number of hydrogen-bond acceptors (Lipinski definition) is 2. The van der Waals surface area contributed by atoms with E-state index < -0.39 is 6.10 Å². The number of anilines is 1. The van der Waals surface area contributed by atoms with Crippen LogP contribution in [0.2, 0.25) is 0 Å². The molecule has 0 heterocycles. The number of aryl methyl sites for hydroxylation is 4. The zero-order valence-electron chi connectivity index (χ0n) is 16.1. The van der Waals surface area contributed by atoms with Crippen LogP contribution in [0.3, 0.4) is 0 Å². The first kappa shape index (κ1) is 18.5. The van der Waals surface area contributed by atoms with Crippen molar-refractivity contribution in [2.45, 2.75) is 65.4 Å². The van der Waals surface area contributed by atoms with Gasteiger partial charge in [-0.15, -0.1) is 0 Å². The molecule has 0 unspecified atom stereocenters. The van der Waals surface area contributed by atoms with E-state index >= 15 is 0 Å². The van der Waals surface area contributed by atoms with Gasteiger partial charge in [0.2, 0.25) is 0 Å². The molecular formula is C23H29NO2. The molecule has 138 valence electrons. The Morgan fingerprint density at radius 2 is 1.88 bits per heavy atom. The zero-order valence-corrected chi connectivity index (χ0v) is 16.1. The van der Waals surface area contributed by atoms with Crippen molar-refractivity contribution < 1.29 is 9.53 Å². The number of rotatable bonds is 6. The van der Waals surface area contributed by atoms with Gasteiger partial charge < -0.3 is 10.1 Å². The van der Waals surface area contributed by atoms with E-state index in [4.69, 9.17) is 4.74 Å². The van der Waals surface area contributed by atoms with Crippen LogP contribution in [0, 0.1) is 6.92 Å². The van der Waals surface area contributed by atoms with Crippen LogP contribution in [0.5, 0.6) is 5.75 Å². The van der Waals surface area contributed by atoms with E-state index in [9.17, 15) is 4.79 Å². The largest absolute Gasteiger partial charge is 0.481 e. The van der Waals surface area contributed by atoms with Gasteiger partial charge in [-0.1, -0.05) is 38.1 Å². The molecule has 0 spiro atoms. The molecule has 1 aliphatic rings. The third kappa shape index (κ3) is 4.09. The SMILES string of the molecule is CCc1cccc(C)c1NC(=O)[C@@H](CC)Oc1ccc2c(c1)CCCC2. The zero-order chi connectivity index (χ0) is 18.5. The van der Waals surface area contributed by atoms with Crippen LogP contribution < -0.4 is 10.1 Å². The van der Waals surface area contributed by atoms with Gasteiger partial charge >= 0.3 is 0 Å². The maximum atomic E-state index is 12.8. The number of amides is 1. The Labute approximate surface area is 156 Å².